The first-order valence-electron chi connectivity index (χ1n) is 8.78. The van der Waals surface area contributed by atoms with Crippen LogP contribution < -0.4 is 11.1 Å². The first-order chi connectivity index (χ1) is 11.1. The molecule has 2 bridgehead atoms. The number of hydrogen-bond donors (Lipinski definition) is 2. The van der Waals surface area contributed by atoms with Crippen molar-refractivity contribution in [3.63, 3.8) is 0 Å². The van der Waals surface area contributed by atoms with Crippen molar-refractivity contribution in [2.24, 2.45) is 17.6 Å². The summed E-state index contributed by atoms with van der Waals surface area (Å²) in [5, 5.41) is 3.54. The Balaban J connectivity index is 1.85. The van der Waals surface area contributed by atoms with Gasteiger partial charge in [-0.15, -0.1) is 0 Å². The van der Waals surface area contributed by atoms with Crippen molar-refractivity contribution in [3.8, 4) is 0 Å². The Morgan fingerprint density at radius 2 is 2.00 bits per heavy atom. The lowest BCUT2D eigenvalue weighted by atomic mass is 9.79. The first-order valence-corrected chi connectivity index (χ1v) is 8.78. The molecule has 0 spiro atoms. The third kappa shape index (κ3) is 3.02. The van der Waals surface area contributed by atoms with Gasteiger partial charge in [-0.3, -0.25) is 0 Å². The van der Waals surface area contributed by atoms with E-state index in [-0.39, 0.29) is 11.5 Å². The van der Waals surface area contributed by atoms with Crippen molar-refractivity contribution in [3.05, 3.63) is 34.9 Å². The molecule has 3 rings (SSSR count). The smallest absolute Gasteiger partial charge is 0.337 e. The molecule has 3 atom stereocenters. The van der Waals surface area contributed by atoms with Crippen LogP contribution in [0.25, 0.3) is 0 Å². The topological polar surface area (TPSA) is 64.3 Å². The monoisotopic (exact) mass is 316 g/mol. The Kier molecular flexibility index (Phi) is 4.74. The van der Waals surface area contributed by atoms with Crippen LogP contribution in [0.3, 0.4) is 0 Å². The minimum atomic E-state index is -0.258. The average Bonchev–Trinajstić information content (AvgIpc) is 2.77. The summed E-state index contributed by atoms with van der Waals surface area (Å²) >= 11 is 0. The lowest BCUT2D eigenvalue weighted by molar-refractivity contribution is 0.0600. The van der Waals surface area contributed by atoms with E-state index in [4.69, 9.17) is 10.5 Å². The lowest BCUT2D eigenvalue weighted by Crippen LogP contribution is -2.56. The highest BCUT2D eigenvalue weighted by atomic mass is 16.5. The molecular formula is C19H28N2O2. The quantitative estimate of drug-likeness (QED) is 0.646. The molecule has 0 radical (unpaired) electrons. The van der Waals surface area contributed by atoms with Gasteiger partial charge in [-0.2, -0.15) is 0 Å². The normalized spacial score (nSPS) is 29.0. The van der Waals surface area contributed by atoms with Crippen LogP contribution in [-0.2, 0) is 17.6 Å². The Bertz CT molecular complexity index is 587. The Labute approximate surface area is 138 Å². The molecule has 3 N–H and O–H groups in total. The van der Waals surface area contributed by atoms with Gasteiger partial charge in [0, 0.05) is 12.1 Å². The summed E-state index contributed by atoms with van der Waals surface area (Å²) in [5.74, 6) is 0.763. The van der Waals surface area contributed by atoms with Crippen molar-refractivity contribution < 1.29 is 9.53 Å². The molecular weight excluding hydrogens is 288 g/mol. The number of rotatable bonds is 5. The van der Waals surface area contributed by atoms with Crippen molar-refractivity contribution in [2.45, 2.75) is 44.6 Å². The predicted molar refractivity (Wildman–Crippen MR) is 91.5 cm³/mol. The first kappa shape index (κ1) is 16.5. The van der Waals surface area contributed by atoms with E-state index in [1.54, 1.807) is 0 Å². The van der Waals surface area contributed by atoms with Gasteiger partial charge in [0.25, 0.3) is 0 Å². The maximum atomic E-state index is 11.8. The molecule has 1 saturated carbocycles. The van der Waals surface area contributed by atoms with Gasteiger partial charge in [-0.05, 0) is 73.7 Å². The zero-order valence-electron chi connectivity index (χ0n) is 14.2. The molecule has 2 aliphatic rings. The van der Waals surface area contributed by atoms with Gasteiger partial charge in [0.2, 0.25) is 0 Å². The van der Waals surface area contributed by atoms with E-state index in [9.17, 15) is 4.79 Å². The number of nitrogens with two attached hydrogens (primary N) is 1. The second-order valence-corrected chi connectivity index (χ2v) is 7.14. The highest BCUT2D eigenvalue weighted by molar-refractivity contribution is 5.89. The van der Waals surface area contributed by atoms with E-state index in [0.717, 1.165) is 32.4 Å². The SMILES string of the molecule is CCCNC[C@@]1(N)[C@@H]2CC[C@H]1Cc1cc(C(=O)OC)ccc1C2. The molecule has 0 amide bonds. The van der Waals surface area contributed by atoms with Crippen LogP contribution in [0, 0.1) is 11.8 Å². The Morgan fingerprint density at radius 1 is 1.30 bits per heavy atom. The van der Waals surface area contributed by atoms with Gasteiger partial charge in [0.05, 0.1) is 12.7 Å². The summed E-state index contributed by atoms with van der Waals surface area (Å²) in [7, 11) is 1.43. The zero-order valence-corrected chi connectivity index (χ0v) is 14.2. The Morgan fingerprint density at radius 3 is 2.65 bits per heavy atom. The van der Waals surface area contributed by atoms with E-state index >= 15 is 0 Å². The number of esters is 1. The minimum absolute atomic E-state index is 0.125. The maximum absolute atomic E-state index is 11.8. The largest absolute Gasteiger partial charge is 0.465 e. The number of benzene rings is 1. The summed E-state index contributed by atoms with van der Waals surface area (Å²) < 4.78 is 4.85. The van der Waals surface area contributed by atoms with Crippen LogP contribution >= 0.6 is 0 Å². The number of ether oxygens (including phenoxy) is 1. The molecule has 1 aromatic rings. The van der Waals surface area contributed by atoms with Crippen molar-refractivity contribution in [1.82, 2.24) is 5.32 Å². The van der Waals surface area contributed by atoms with Crippen LogP contribution in [0.1, 0.15) is 47.7 Å². The second kappa shape index (κ2) is 6.62. The Hall–Kier alpha value is -1.39. The number of carbonyl (C=O) groups is 1. The minimum Gasteiger partial charge on any atom is -0.465 e. The second-order valence-electron chi connectivity index (χ2n) is 7.14. The molecule has 0 aromatic heterocycles. The van der Waals surface area contributed by atoms with Gasteiger partial charge < -0.3 is 15.8 Å². The van der Waals surface area contributed by atoms with E-state index in [1.807, 2.05) is 12.1 Å². The zero-order chi connectivity index (χ0) is 16.4. The van der Waals surface area contributed by atoms with E-state index < -0.39 is 0 Å². The van der Waals surface area contributed by atoms with Gasteiger partial charge >= 0.3 is 5.97 Å². The number of methoxy groups -OCH3 is 1. The summed E-state index contributed by atoms with van der Waals surface area (Å²) in [6, 6.07) is 6.00. The molecule has 126 valence electrons. The van der Waals surface area contributed by atoms with Crippen molar-refractivity contribution in [1.29, 1.82) is 0 Å². The van der Waals surface area contributed by atoms with Crippen molar-refractivity contribution in [2.75, 3.05) is 20.2 Å². The van der Waals surface area contributed by atoms with Crippen LogP contribution in [0.5, 0.6) is 0 Å². The van der Waals surface area contributed by atoms with Crippen LogP contribution in [0.15, 0.2) is 18.2 Å². The highest BCUT2D eigenvalue weighted by Gasteiger charge is 2.48. The standard InChI is InChI=1S/C19H28N2O2/c1-3-8-21-12-19(20)16-6-7-17(19)11-15-9-14(18(22)23-2)5-4-13(15)10-16/h4-5,9,16-17,21H,3,6-8,10-12,20H2,1-2H3/t16-,17+,19-/m1/s1. The van der Waals surface area contributed by atoms with E-state index in [1.165, 1.54) is 31.1 Å². The summed E-state index contributed by atoms with van der Waals surface area (Å²) in [6.07, 6.45) is 5.54. The molecule has 0 heterocycles. The summed E-state index contributed by atoms with van der Waals surface area (Å²) in [4.78, 5) is 11.8. The fraction of sp³-hybridized carbons (Fsp3) is 0.632. The number of nitrogens with one attached hydrogen (secondary N) is 1. The molecule has 4 heteroatoms. The van der Waals surface area contributed by atoms with E-state index in [2.05, 4.69) is 18.3 Å². The summed E-state index contributed by atoms with van der Waals surface area (Å²) in [5.41, 5.74) is 10.1. The molecule has 0 saturated heterocycles. The molecule has 2 aliphatic carbocycles. The van der Waals surface area contributed by atoms with Crippen LogP contribution in [0.2, 0.25) is 0 Å². The molecule has 23 heavy (non-hydrogen) atoms. The third-order valence-electron chi connectivity index (χ3n) is 5.80. The number of fused-ring (bicyclic) bond motifs is 3. The molecule has 1 aromatic carbocycles. The summed E-state index contributed by atoms with van der Waals surface area (Å²) in [6.45, 7) is 4.11. The molecule has 0 aliphatic heterocycles. The van der Waals surface area contributed by atoms with Crippen LogP contribution in [-0.4, -0.2) is 31.7 Å². The molecule has 4 nitrogen and oxygen atoms in total. The van der Waals surface area contributed by atoms with E-state index in [0.29, 0.717) is 17.4 Å². The fourth-order valence-corrected chi connectivity index (χ4v) is 4.42. The van der Waals surface area contributed by atoms with Crippen LogP contribution in [0.4, 0.5) is 0 Å². The third-order valence-corrected chi connectivity index (χ3v) is 5.80. The van der Waals surface area contributed by atoms with Crippen molar-refractivity contribution >= 4 is 5.97 Å². The molecule has 0 unspecified atom stereocenters. The maximum Gasteiger partial charge on any atom is 0.337 e. The van der Waals surface area contributed by atoms with Gasteiger partial charge in [0.15, 0.2) is 0 Å². The number of carbonyl (C=O) groups excluding carboxylic acids is 1. The predicted octanol–water partition coefficient (Wildman–Crippen LogP) is 2.30. The number of hydrogen-bond acceptors (Lipinski definition) is 4. The van der Waals surface area contributed by atoms with Gasteiger partial charge in [-0.1, -0.05) is 13.0 Å². The lowest BCUT2D eigenvalue weighted by Gasteiger charge is -2.35. The van der Waals surface area contributed by atoms with Gasteiger partial charge in [0.1, 0.15) is 0 Å². The molecule has 1 fully saturated rings. The average molecular weight is 316 g/mol. The fourth-order valence-electron chi connectivity index (χ4n) is 4.42. The van der Waals surface area contributed by atoms with Gasteiger partial charge in [-0.25, -0.2) is 4.79 Å². The highest BCUT2D eigenvalue weighted by Crippen LogP contribution is 2.45.